The summed E-state index contributed by atoms with van der Waals surface area (Å²) < 4.78 is 18.0. The smallest absolute Gasteiger partial charge is 0.309 e. The first-order chi connectivity index (χ1) is 21.4. The predicted molar refractivity (Wildman–Crippen MR) is 174 cm³/mol. The molecule has 0 amide bonds. The van der Waals surface area contributed by atoms with Crippen molar-refractivity contribution in [2.45, 2.75) is 217 Å². The Balaban J connectivity index is 1.13. The third-order valence-electron chi connectivity index (χ3n) is 10.3. The maximum atomic E-state index is 11.9. The molecule has 3 heterocycles. The number of aliphatic hydroxyl groups excluding tert-OH is 2. The summed E-state index contributed by atoms with van der Waals surface area (Å²) in [5, 5.41) is 21.4. The quantitative estimate of drug-likeness (QED) is 0.0782. The summed E-state index contributed by atoms with van der Waals surface area (Å²) in [5.74, 6) is -0.348. The Morgan fingerprint density at radius 3 is 1.64 bits per heavy atom. The molecule has 0 bridgehead atoms. The first-order valence-electron chi connectivity index (χ1n) is 18.7. The molecule has 256 valence electrons. The van der Waals surface area contributed by atoms with Crippen LogP contribution in [0.15, 0.2) is 0 Å². The molecule has 3 aliphatic rings. The van der Waals surface area contributed by atoms with Gasteiger partial charge in [-0.2, -0.15) is 0 Å². The molecule has 44 heavy (non-hydrogen) atoms. The number of unbranched alkanes of at least 4 members (excludes halogenated alkanes) is 14. The second kappa shape index (κ2) is 21.7. The average Bonchev–Trinajstić information content (AvgIpc) is 3.75. The lowest BCUT2D eigenvalue weighted by atomic mass is 9.96. The third-order valence-corrected chi connectivity index (χ3v) is 10.3. The molecule has 8 atom stereocenters. The highest BCUT2D eigenvalue weighted by Gasteiger charge is 2.40. The molecule has 0 saturated carbocycles. The van der Waals surface area contributed by atoms with Gasteiger partial charge in [-0.1, -0.05) is 103 Å². The fraction of sp³-hybridized carbons (Fsp3) is 0.946. The van der Waals surface area contributed by atoms with Gasteiger partial charge >= 0.3 is 5.97 Å². The first-order valence-corrected chi connectivity index (χ1v) is 18.7. The van der Waals surface area contributed by atoms with Crippen molar-refractivity contribution < 1.29 is 34.0 Å². The molecule has 0 aromatic heterocycles. The second-order valence-corrected chi connectivity index (χ2v) is 14.3. The van der Waals surface area contributed by atoms with Gasteiger partial charge in [-0.3, -0.25) is 4.79 Å². The molecular formula is C37H66O7. The van der Waals surface area contributed by atoms with Crippen LogP contribution in [0.5, 0.6) is 0 Å². The number of ketones is 1. The van der Waals surface area contributed by atoms with Crippen molar-refractivity contribution >= 4 is 11.8 Å². The van der Waals surface area contributed by atoms with Crippen LogP contribution in [0.4, 0.5) is 0 Å². The molecule has 3 fully saturated rings. The van der Waals surface area contributed by atoms with Crippen LogP contribution >= 0.6 is 0 Å². The van der Waals surface area contributed by atoms with Gasteiger partial charge in [0.25, 0.3) is 0 Å². The highest BCUT2D eigenvalue weighted by molar-refractivity contribution is 5.83. The number of hydrogen-bond donors (Lipinski definition) is 2. The van der Waals surface area contributed by atoms with Crippen molar-refractivity contribution in [2.24, 2.45) is 5.92 Å². The molecule has 0 aliphatic carbocycles. The highest BCUT2D eigenvalue weighted by Crippen LogP contribution is 2.35. The van der Waals surface area contributed by atoms with E-state index in [9.17, 15) is 19.8 Å². The summed E-state index contributed by atoms with van der Waals surface area (Å²) in [4.78, 5) is 23.1. The number of hydrogen-bond acceptors (Lipinski definition) is 7. The van der Waals surface area contributed by atoms with Gasteiger partial charge in [-0.05, 0) is 64.7 Å². The van der Waals surface area contributed by atoms with Gasteiger partial charge in [-0.15, -0.1) is 0 Å². The summed E-state index contributed by atoms with van der Waals surface area (Å²) >= 11 is 0. The van der Waals surface area contributed by atoms with Crippen molar-refractivity contribution in [3.8, 4) is 0 Å². The van der Waals surface area contributed by atoms with Crippen LogP contribution in [-0.2, 0) is 23.8 Å². The molecule has 0 aromatic rings. The zero-order valence-electron chi connectivity index (χ0n) is 28.2. The van der Waals surface area contributed by atoms with Gasteiger partial charge in [-0.25, -0.2) is 0 Å². The third kappa shape index (κ3) is 14.2. The fourth-order valence-electron chi connectivity index (χ4n) is 7.55. The molecule has 3 rings (SSSR count). The number of carbonyl (C=O) groups excluding carboxylic acids is 2. The molecule has 7 nitrogen and oxygen atoms in total. The molecule has 3 saturated heterocycles. The molecule has 0 unspecified atom stereocenters. The first kappa shape index (κ1) is 37.4. The molecule has 3 aliphatic heterocycles. The standard InChI is InChI=1S/C37H66O7/c1-3-4-5-6-7-11-14-17-20-31(39)33-22-24-35(43-33)36-25-23-34(44-36)32(40)21-18-15-12-9-8-10-13-16-19-30-27-29(26-28(2)38)37(41)42-30/h29-36,39-40H,3-27H2,1-2H3/t29-,30-,31+,32+,33-,34-,35-,36-/m1/s1. The van der Waals surface area contributed by atoms with Crippen LogP contribution in [0.25, 0.3) is 0 Å². The van der Waals surface area contributed by atoms with Crippen LogP contribution in [0.2, 0.25) is 0 Å². The number of Topliss-reactive ketones (excluding diaryl/α,β-unsaturated/α-hetero) is 1. The van der Waals surface area contributed by atoms with E-state index in [1.165, 1.54) is 77.6 Å². The van der Waals surface area contributed by atoms with E-state index < -0.39 is 6.10 Å². The lowest BCUT2D eigenvalue weighted by Crippen LogP contribution is -2.33. The maximum absolute atomic E-state index is 11.9. The fourth-order valence-corrected chi connectivity index (χ4v) is 7.55. The Kier molecular flexibility index (Phi) is 18.5. The van der Waals surface area contributed by atoms with Crippen LogP contribution < -0.4 is 0 Å². The highest BCUT2D eigenvalue weighted by atomic mass is 16.6. The zero-order valence-corrected chi connectivity index (χ0v) is 28.2. The van der Waals surface area contributed by atoms with Gasteiger partial charge < -0.3 is 29.2 Å². The summed E-state index contributed by atoms with van der Waals surface area (Å²) in [5.41, 5.74) is 0. The van der Waals surface area contributed by atoms with Crippen molar-refractivity contribution in [3.63, 3.8) is 0 Å². The molecule has 0 spiro atoms. The predicted octanol–water partition coefficient (Wildman–Crippen LogP) is 8.15. The number of esters is 1. The summed E-state index contributed by atoms with van der Waals surface area (Å²) in [7, 11) is 0. The van der Waals surface area contributed by atoms with E-state index in [0.29, 0.717) is 12.8 Å². The Hall–Kier alpha value is -1.02. The van der Waals surface area contributed by atoms with E-state index in [-0.39, 0.29) is 54.3 Å². The number of cyclic esters (lactones) is 1. The van der Waals surface area contributed by atoms with E-state index in [2.05, 4.69) is 6.92 Å². The van der Waals surface area contributed by atoms with E-state index >= 15 is 0 Å². The van der Waals surface area contributed by atoms with Gasteiger partial charge in [0.05, 0.1) is 42.5 Å². The molecule has 0 radical (unpaired) electrons. The number of rotatable bonds is 25. The Bertz CT molecular complexity index is 788. The maximum Gasteiger partial charge on any atom is 0.309 e. The van der Waals surface area contributed by atoms with Crippen LogP contribution in [0, 0.1) is 5.92 Å². The number of carbonyl (C=O) groups is 2. The van der Waals surface area contributed by atoms with Gasteiger partial charge in [0, 0.05) is 6.42 Å². The van der Waals surface area contributed by atoms with E-state index in [4.69, 9.17) is 14.2 Å². The lowest BCUT2D eigenvalue weighted by Gasteiger charge is -2.24. The number of aliphatic hydroxyl groups is 2. The van der Waals surface area contributed by atoms with Gasteiger partial charge in [0.1, 0.15) is 11.9 Å². The Morgan fingerprint density at radius 1 is 0.705 bits per heavy atom. The number of ether oxygens (including phenoxy) is 3. The minimum Gasteiger partial charge on any atom is -0.462 e. The second-order valence-electron chi connectivity index (χ2n) is 14.3. The van der Waals surface area contributed by atoms with Gasteiger partial charge in [0.15, 0.2) is 0 Å². The van der Waals surface area contributed by atoms with E-state index in [1.807, 2.05) is 0 Å². The minimum absolute atomic E-state index is 0.00211. The van der Waals surface area contributed by atoms with Crippen molar-refractivity contribution in [1.29, 1.82) is 0 Å². The molecule has 7 heteroatoms. The Labute approximate surface area is 268 Å². The monoisotopic (exact) mass is 622 g/mol. The van der Waals surface area contributed by atoms with Crippen LogP contribution in [-0.4, -0.2) is 64.7 Å². The average molecular weight is 623 g/mol. The van der Waals surface area contributed by atoms with E-state index in [0.717, 1.165) is 77.0 Å². The normalized spacial score (nSPS) is 28.4. The van der Waals surface area contributed by atoms with Crippen molar-refractivity contribution in [1.82, 2.24) is 0 Å². The Morgan fingerprint density at radius 2 is 1.16 bits per heavy atom. The summed E-state index contributed by atoms with van der Waals surface area (Å²) in [6, 6.07) is 0. The van der Waals surface area contributed by atoms with Gasteiger partial charge in [0.2, 0.25) is 0 Å². The molecule has 0 aromatic carbocycles. The topological polar surface area (TPSA) is 102 Å². The molecular weight excluding hydrogens is 556 g/mol. The SMILES string of the molecule is CCCCCCCCCC[C@H](O)[C@H]1CC[C@H]([C@H]2CC[C@H]([C@@H](O)CCCCCCCCCC[C@@H]3C[C@@H](CC(C)=O)C(=O)O3)O2)O1. The van der Waals surface area contributed by atoms with Crippen molar-refractivity contribution in [2.75, 3.05) is 0 Å². The van der Waals surface area contributed by atoms with E-state index in [1.54, 1.807) is 0 Å². The summed E-state index contributed by atoms with van der Waals surface area (Å²) in [6.07, 6.45) is 26.0. The largest absolute Gasteiger partial charge is 0.462 e. The van der Waals surface area contributed by atoms with Crippen molar-refractivity contribution in [3.05, 3.63) is 0 Å². The summed E-state index contributed by atoms with van der Waals surface area (Å²) in [6.45, 7) is 3.79. The van der Waals surface area contributed by atoms with Crippen LogP contribution in [0.3, 0.4) is 0 Å². The van der Waals surface area contributed by atoms with Crippen LogP contribution in [0.1, 0.15) is 174 Å². The molecule has 2 N–H and O–H groups in total. The zero-order chi connectivity index (χ0) is 31.6. The minimum atomic E-state index is -0.399. The lowest BCUT2D eigenvalue weighted by molar-refractivity contribution is -0.145.